The molecule has 0 saturated heterocycles. The van der Waals surface area contributed by atoms with Gasteiger partial charge in [-0.2, -0.15) is 0 Å². The van der Waals surface area contributed by atoms with Gasteiger partial charge in [-0.05, 0) is 31.0 Å². The number of methoxy groups -OCH3 is 1. The number of hydrogen-bond donors (Lipinski definition) is 4. The van der Waals surface area contributed by atoms with Gasteiger partial charge in [0.2, 0.25) is 0 Å². The minimum absolute atomic E-state index is 0.177. The maximum absolute atomic E-state index is 12.8. The zero-order valence-electron chi connectivity index (χ0n) is 17.0. The molecule has 5 N–H and O–H groups in total. The van der Waals surface area contributed by atoms with Gasteiger partial charge in [0.15, 0.2) is 0 Å². The summed E-state index contributed by atoms with van der Waals surface area (Å²) in [6.45, 7) is 0.762. The Morgan fingerprint density at radius 2 is 2.07 bits per heavy atom. The maximum Gasteiger partial charge on any atom is 0.411 e. The highest BCUT2D eigenvalue weighted by atomic mass is 16.5. The molecule has 1 aromatic carbocycles. The van der Waals surface area contributed by atoms with E-state index in [0.29, 0.717) is 22.9 Å². The molecule has 0 radical (unpaired) electrons. The molecule has 2 bridgehead atoms. The largest absolute Gasteiger partial charge is 0.453 e. The molecule has 1 atom stereocenters. The summed E-state index contributed by atoms with van der Waals surface area (Å²) in [5.41, 5.74) is 9.40. The number of carbonyl (C=O) groups is 2. The van der Waals surface area contributed by atoms with E-state index in [4.69, 9.17) is 10.7 Å². The number of nitrogens with two attached hydrogens (primary N) is 1. The van der Waals surface area contributed by atoms with E-state index in [1.54, 1.807) is 20.2 Å². The van der Waals surface area contributed by atoms with Crippen molar-refractivity contribution in [2.24, 2.45) is 5.73 Å². The number of carbonyl (C=O) groups excluding carboxylic acids is 2. The number of rotatable bonds is 2. The van der Waals surface area contributed by atoms with Crippen LogP contribution in [-0.2, 0) is 4.74 Å². The van der Waals surface area contributed by atoms with Gasteiger partial charge in [0.25, 0.3) is 5.91 Å². The molecular formula is C20H28N6O3. The predicted octanol–water partition coefficient (Wildman–Crippen LogP) is 2.94. The van der Waals surface area contributed by atoms with Crippen molar-refractivity contribution in [3.8, 4) is 11.3 Å². The second-order valence-corrected chi connectivity index (χ2v) is 7.30. The third-order valence-corrected chi connectivity index (χ3v) is 4.91. The van der Waals surface area contributed by atoms with E-state index in [0.717, 1.165) is 43.5 Å². The van der Waals surface area contributed by atoms with Crippen molar-refractivity contribution in [1.82, 2.24) is 14.9 Å². The summed E-state index contributed by atoms with van der Waals surface area (Å²) in [7, 11) is 4.71. The average molecular weight is 400 g/mol. The lowest BCUT2D eigenvalue weighted by molar-refractivity contribution is 0.0823. The number of H-pyrrole nitrogens is 1. The van der Waals surface area contributed by atoms with Crippen LogP contribution in [0, 0.1) is 0 Å². The number of benzene rings is 1. The summed E-state index contributed by atoms with van der Waals surface area (Å²) in [5, 5.41) is 6.08. The Kier molecular flexibility index (Phi) is 6.38. The van der Waals surface area contributed by atoms with Gasteiger partial charge in [0.1, 0.15) is 17.2 Å². The number of nitrogens with zero attached hydrogens (tertiary/aromatic N) is 2. The lowest BCUT2D eigenvalue weighted by atomic mass is 10.0. The van der Waals surface area contributed by atoms with Gasteiger partial charge in [-0.15, -0.1) is 0 Å². The SMILES string of the molecule is COC(=O)Nc1ccc2c(c1)NCCCCC[C@H](N)c1nc-2c(C(=O)N(C)C)[nH]1. The minimum atomic E-state index is -0.547. The monoisotopic (exact) mass is 400 g/mol. The normalized spacial score (nSPS) is 16.5. The van der Waals surface area contributed by atoms with E-state index in [2.05, 4.69) is 20.4 Å². The van der Waals surface area contributed by atoms with E-state index in [1.807, 2.05) is 12.1 Å². The Morgan fingerprint density at radius 3 is 2.79 bits per heavy atom. The summed E-state index contributed by atoms with van der Waals surface area (Å²) in [4.78, 5) is 33.7. The summed E-state index contributed by atoms with van der Waals surface area (Å²) >= 11 is 0. The van der Waals surface area contributed by atoms with Gasteiger partial charge in [-0.25, -0.2) is 9.78 Å². The number of hydrogen-bond acceptors (Lipinski definition) is 6. The van der Waals surface area contributed by atoms with Crippen LogP contribution in [0.15, 0.2) is 18.2 Å². The molecule has 9 nitrogen and oxygen atoms in total. The van der Waals surface area contributed by atoms with Gasteiger partial charge in [0, 0.05) is 37.6 Å². The van der Waals surface area contributed by atoms with Crippen LogP contribution >= 0.6 is 0 Å². The van der Waals surface area contributed by atoms with Crippen molar-refractivity contribution < 1.29 is 14.3 Å². The zero-order chi connectivity index (χ0) is 21.0. The molecule has 2 heterocycles. The molecule has 1 aliphatic heterocycles. The van der Waals surface area contributed by atoms with Crippen molar-refractivity contribution >= 4 is 23.4 Å². The highest BCUT2D eigenvalue weighted by molar-refractivity contribution is 6.00. The van der Waals surface area contributed by atoms with E-state index in [9.17, 15) is 9.59 Å². The van der Waals surface area contributed by atoms with E-state index >= 15 is 0 Å². The lowest BCUT2D eigenvalue weighted by Crippen LogP contribution is -2.23. The van der Waals surface area contributed by atoms with Crippen LogP contribution in [0.25, 0.3) is 11.3 Å². The molecule has 156 valence electrons. The van der Waals surface area contributed by atoms with Crippen molar-refractivity contribution in [2.75, 3.05) is 38.4 Å². The van der Waals surface area contributed by atoms with Crippen LogP contribution in [0.5, 0.6) is 0 Å². The fourth-order valence-corrected chi connectivity index (χ4v) is 3.31. The molecule has 29 heavy (non-hydrogen) atoms. The fourth-order valence-electron chi connectivity index (χ4n) is 3.31. The predicted molar refractivity (Wildman–Crippen MR) is 112 cm³/mol. The minimum Gasteiger partial charge on any atom is -0.453 e. The highest BCUT2D eigenvalue weighted by Gasteiger charge is 2.24. The van der Waals surface area contributed by atoms with Crippen LogP contribution in [0.4, 0.5) is 16.2 Å². The van der Waals surface area contributed by atoms with Crippen LogP contribution in [0.1, 0.15) is 48.0 Å². The van der Waals surface area contributed by atoms with Gasteiger partial charge in [-0.3, -0.25) is 10.1 Å². The summed E-state index contributed by atoms with van der Waals surface area (Å²) in [6, 6.07) is 5.14. The van der Waals surface area contributed by atoms with Crippen molar-refractivity contribution in [2.45, 2.75) is 31.7 Å². The standard InChI is InChI=1S/C20H28N6O3/c1-26(2)19(27)17-16-13-9-8-12(23-20(28)29-3)11-15(13)22-10-6-4-5-7-14(21)18(24-16)25-17/h8-9,11,14,22H,4-7,10,21H2,1-3H3,(H,23,28)(H,24,25)/t14-/m0/s1. The first kappa shape index (κ1) is 20.7. The van der Waals surface area contributed by atoms with Crippen LogP contribution < -0.4 is 16.4 Å². The Balaban J connectivity index is 2.12. The van der Waals surface area contributed by atoms with Gasteiger partial charge < -0.3 is 25.7 Å². The van der Waals surface area contributed by atoms with Crippen LogP contribution in [0.2, 0.25) is 0 Å². The lowest BCUT2D eigenvalue weighted by Gasteiger charge is -2.16. The number of aromatic amines is 1. The summed E-state index contributed by atoms with van der Waals surface area (Å²) in [5.74, 6) is 0.428. The molecule has 0 spiro atoms. The molecule has 2 amide bonds. The van der Waals surface area contributed by atoms with Crippen molar-refractivity contribution in [3.05, 3.63) is 29.7 Å². The van der Waals surface area contributed by atoms with Gasteiger partial charge in [0.05, 0.1) is 13.2 Å². The van der Waals surface area contributed by atoms with E-state index in [1.165, 1.54) is 12.0 Å². The third kappa shape index (κ3) is 4.68. The molecular weight excluding hydrogens is 372 g/mol. The molecule has 9 heteroatoms. The van der Waals surface area contributed by atoms with E-state index < -0.39 is 6.09 Å². The fraction of sp³-hybridized carbons (Fsp3) is 0.450. The van der Waals surface area contributed by atoms with Gasteiger partial charge >= 0.3 is 6.09 Å². The number of anilines is 2. The number of nitrogens with one attached hydrogen (secondary N) is 3. The Morgan fingerprint density at radius 1 is 1.28 bits per heavy atom. The second kappa shape index (κ2) is 8.95. The van der Waals surface area contributed by atoms with Crippen molar-refractivity contribution in [3.63, 3.8) is 0 Å². The molecule has 0 aliphatic carbocycles. The first-order chi connectivity index (χ1) is 13.9. The Labute approximate surface area is 170 Å². The second-order valence-electron chi connectivity index (χ2n) is 7.30. The molecule has 2 aromatic rings. The van der Waals surface area contributed by atoms with E-state index in [-0.39, 0.29) is 11.9 Å². The molecule has 0 unspecified atom stereocenters. The molecule has 0 saturated carbocycles. The van der Waals surface area contributed by atoms with Crippen LogP contribution in [0.3, 0.4) is 0 Å². The molecule has 0 fully saturated rings. The summed E-state index contributed by atoms with van der Waals surface area (Å²) < 4.78 is 4.67. The molecule has 1 aliphatic rings. The summed E-state index contributed by atoms with van der Waals surface area (Å²) in [6.07, 6.45) is 3.26. The topological polar surface area (TPSA) is 125 Å². The maximum atomic E-state index is 12.8. The number of ether oxygens (including phenoxy) is 1. The number of imidazole rings is 1. The Hall–Kier alpha value is -3.07. The smallest absolute Gasteiger partial charge is 0.411 e. The first-order valence-corrected chi connectivity index (χ1v) is 9.71. The number of aromatic nitrogens is 2. The van der Waals surface area contributed by atoms with Crippen molar-refractivity contribution in [1.29, 1.82) is 0 Å². The highest BCUT2D eigenvalue weighted by Crippen LogP contribution is 2.34. The molecule has 1 aromatic heterocycles. The quantitative estimate of drug-likeness (QED) is 0.614. The number of fused-ring (bicyclic) bond motifs is 4. The first-order valence-electron chi connectivity index (χ1n) is 9.71. The molecule has 3 rings (SSSR count). The van der Waals surface area contributed by atoms with Gasteiger partial charge in [-0.1, -0.05) is 12.8 Å². The third-order valence-electron chi connectivity index (χ3n) is 4.91. The Bertz CT molecular complexity index is 892. The van der Waals surface area contributed by atoms with Crippen LogP contribution in [-0.4, -0.2) is 54.6 Å². The zero-order valence-corrected chi connectivity index (χ0v) is 17.0. The average Bonchev–Trinajstić information content (AvgIpc) is 3.14. The number of amides is 2.